The Morgan fingerprint density at radius 2 is 1.97 bits per heavy atom. The number of benzene rings is 2. The molecule has 0 N–H and O–H groups in total. The predicted molar refractivity (Wildman–Crippen MR) is 111 cm³/mol. The molecule has 1 aliphatic rings. The summed E-state index contributed by atoms with van der Waals surface area (Å²) in [5.74, 6) is 0.491. The van der Waals surface area contributed by atoms with Crippen LogP contribution in [0.3, 0.4) is 0 Å². The van der Waals surface area contributed by atoms with Crippen LogP contribution in [0.1, 0.15) is 30.2 Å². The summed E-state index contributed by atoms with van der Waals surface area (Å²) < 4.78 is 20.7. The maximum atomic E-state index is 13.2. The third kappa shape index (κ3) is 3.92. The molecule has 3 aromatic rings. The molecule has 1 aromatic heterocycles. The Balaban J connectivity index is 1.50. The van der Waals surface area contributed by atoms with E-state index in [0.717, 1.165) is 34.0 Å². The monoisotopic (exact) mass is 391 g/mol. The highest BCUT2D eigenvalue weighted by molar-refractivity contribution is 5.99. The van der Waals surface area contributed by atoms with Gasteiger partial charge in [0.25, 0.3) is 0 Å². The third-order valence-electron chi connectivity index (χ3n) is 5.00. The van der Waals surface area contributed by atoms with E-state index in [4.69, 9.17) is 9.57 Å². The summed E-state index contributed by atoms with van der Waals surface area (Å²) in [5.41, 5.74) is 3.99. The molecule has 0 aliphatic carbocycles. The van der Waals surface area contributed by atoms with Crippen molar-refractivity contribution in [1.29, 1.82) is 0 Å². The van der Waals surface area contributed by atoms with Crippen LogP contribution in [0.2, 0.25) is 0 Å². The van der Waals surface area contributed by atoms with E-state index in [-0.39, 0.29) is 5.82 Å². The van der Waals surface area contributed by atoms with Crippen LogP contribution in [0.5, 0.6) is 5.75 Å². The molecule has 0 saturated heterocycles. The lowest BCUT2D eigenvalue weighted by molar-refractivity contribution is -0.00742. The van der Waals surface area contributed by atoms with Crippen molar-refractivity contribution in [2.75, 3.05) is 7.11 Å². The zero-order valence-electron chi connectivity index (χ0n) is 16.6. The molecule has 2 heterocycles. The number of ether oxygens (including phenoxy) is 1. The number of hydrogen-bond acceptors (Lipinski definition) is 4. The van der Waals surface area contributed by atoms with Crippen LogP contribution in [-0.4, -0.2) is 22.4 Å². The minimum Gasteiger partial charge on any atom is -0.495 e. The molecule has 0 radical (unpaired) electrons. The second kappa shape index (κ2) is 7.54. The number of imidazole rings is 1. The normalized spacial score (nSPS) is 18.7. The predicted octanol–water partition coefficient (Wildman–Crippen LogP) is 5.03. The highest BCUT2D eigenvalue weighted by Gasteiger charge is 2.35. The fraction of sp³-hybridized carbons (Fsp3) is 0.217. The minimum absolute atomic E-state index is 0.264. The van der Waals surface area contributed by atoms with Gasteiger partial charge in [-0.1, -0.05) is 29.4 Å². The molecule has 0 spiro atoms. The Morgan fingerprint density at radius 3 is 2.66 bits per heavy atom. The molecular weight excluding hydrogens is 369 g/mol. The van der Waals surface area contributed by atoms with E-state index in [9.17, 15) is 4.39 Å². The van der Waals surface area contributed by atoms with E-state index < -0.39 is 5.60 Å². The van der Waals surface area contributed by atoms with Crippen molar-refractivity contribution in [2.24, 2.45) is 5.16 Å². The van der Waals surface area contributed by atoms with E-state index in [1.54, 1.807) is 25.6 Å². The maximum Gasteiger partial charge on any atom is 0.165 e. The first-order chi connectivity index (χ1) is 14.0. The Kier molecular flexibility index (Phi) is 4.92. The second-order valence-electron chi connectivity index (χ2n) is 7.28. The first-order valence-corrected chi connectivity index (χ1v) is 9.35. The van der Waals surface area contributed by atoms with Gasteiger partial charge >= 0.3 is 0 Å². The van der Waals surface area contributed by atoms with E-state index in [2.05, 4.69) is 10.1 Å². The van der Waals surface area contributed by atoms with Crippen LogP contribution in [0.15, 0.2) is 66.2 Å². The van der Waals surface area contributed by atoms with Crippen molar-refractivity contribution in [3.05, 3.63) is 83.7 Å². The van der Waals surface area contributed by atoms with Gasteiger partial charge in [0.05, 0.1) is 30.5 Å². The van der Waals surface area contributed by atoms with Gasteiger partial charge in [0.1, 0.15) is 11.6 Å². The quantitative estimate of drug-likeness (QED) is 0.613. The number of oxime groups is 1. The van der Waals surface area contributed by atoms with E-state index >= 15 is 0 Å². The lowest BCUT2D eigenvalue weighted by Gasteiger charge is -2.21. The number of allylic oxidation sites excluding steroid dienone is 1. The number of aryl methyl sites for hydroxylation is 1. The second-order valence-corrected chi connectivity index (χ2v) is 7.28. The lowest BCUT2D eigenvalue weighted by atomic mass is 9.91. The Hall–Kier alpha value is -3.41. The molecule has 4 rings (SSSR count). The first-order valence-electron chi connectivity index (χ1n) is 9.35. The summed E-state index contributed by atoms with van der Waals surface area (Å²) in [7, 11) is 1.65. The van der Waals surface area contributed by atoms with Gasteiger partial charge in [0.15, 0.2) is 5.60 Å². The molecule has 0 amide bonds. The molecule has 1 unspecified atom stereocenters. The van der Waals surface area contributed by atoms with Crippen molar-refractivity contribution >= 4 is 11.8 Å². The highest BCUT2D eigenvalue weighted by atomic mass is 19.1. The highest BCUT2D eigenvalue weighted by Crippen LogP contribution is 2.35. The maximum absolute atomic E-state index is 13.2. The number of nitrogens with zero attached hydrogens (tertiary/aromatic N) is 3. The summed E-state index contributed by atoms with van der Waals surface area (Å²) in [4.78, 5) is 9.94. The van der Waals surface area contributed by atoms with Crippen LogP contribution >= 0.6 is 0 Å². The van der Waals surface area contributed by atoms with Crippen LogP contribution in [0.25, 0.3) is 11.8 Å². The summed E-state index contributed by atoms with van der Waals surface area (Å²) in [5, 5.41) is 4.21. The van der Waals surface area contributed by atoms with E-state index in [0.29, 0.717) is 6.42 Å². The average Bonchev–Trinajstić information content (AvgIpc) is 3.33. The minimum atomic E-state index is -0.589. The fourth-order valence-corrected chi connectivity index (χ4v) is 3.37. The van der Waals surface area contributed by atoms with Crippen molar-refractivity contribution in [3.63, 3.8) is 0 Å². The molecular formula is C23H22FN3O2. The van der Waals surface area contributed by atoms with Crippen molar-refractivity contribution in [3.8, 4) is 11.4 Å². The van der Waals surface area contributed by atoms with Gasteiger partial charge in [-0.25, -0.2) is 9.37 Å². The molecule has 0 saturated carbocycles. The largest absolute Gasteiger partial charge is 0.495 e. The number of rotatable bonds is 5. The number of halogens is 1. The molecule has 0 bridgehead atoms. The summed E-state index contributed by atoms with van der Waals surface area (Å²) in [6, 6.07) is 12.3. The van der Waals surface area contributed by atoms with Crippen molar-refractivity contribution < 1.29 is 14.0 Å². The van der Waals surface area contributed by atoms with E-state index in [1.165, 1.54) is 12.1 Å². The topological polar surface area (TPSA) is 48.6 Å². The molecule has 0 fully saturated rings. The van der Waals surface area contributed by atoms with Crippen LogP contribution in [0, 0.1) is 12.7 Å². The van der Waals surface area contributed by atoms with Gasteiger partial charge in [-0.05, 0) is 55.3 Å². The molecule has 2 aromatic carbocycles. The summed E-state index contributed by atoms with van der Waals surface area (Å²) >= 11 is 0. The van der Waals surface area contributed by atoms with Gasteiger partial charge in [0, 0.05) is 12.6 Å². The van der Waals surface area contributed by atoms with E-state index in [1.807, 2.05) is 55.0 Å². The smallest absolute Gasteiger partial charge is 0.165 e. The molecule has 1 atom stereocenters. The molecule has 5 nitrogen and oxygen atoms in total. The van der Waals surface area contributed by atoms with Gasteiger partial charge < -0.3 is 14.1 Å². The van der Waals surface area contributed by atoms with Gasteiger partial charge in [-0.3, -0.25) is 0 Å². The van der Waals surface area contributed by atoms with Crippen LogP contribution in [0.4, 0.5) is 4.39 Å². The molecule has 148 valence electrons. The zero-order valence-corrected chi connectivity index (χ0v) is 16.6. The number of aromatic nitrogens is 2. The standard InChI is InChI=1S/C23H22FN3O2/c1-16-14-27(15-25-16)21-11-5-17(12-22(21)28-3)4-10-20-13-23(2,29-26-20)18-6-8-19(24)9-7-18/h4-12,14-15H,13H2,1-3H3/b10-4+. The Bertz CT molecular complexity index is 1090. The Labute approximate surface area is 169 Å². The van der Waals surface area contributed by atoms with Crippen molar-refractivity contribution in [1.82, 2.24) is 9.55 Å². The third-order valence-corrected chi connectivity index (χ3v) is 5.00. The Morgan fingerprint density at radius 1 is 1.17 bits per heavy atom. The van der Waals surface area contributed by atoms with Gasteiger partial charge in [-0.15, -0.1) is 0 Å². The molecule has 1 aliphatic heterocycles. The SMILES string of the molecule is COc1cc(/C=C/C2=NOC(C)(c3ccc(F)cc3)C2)ccc1-n1cnc(C)c1. The zero-order chi connectivity index (χ0) is 20.4. The van der Waals surface area contributed by atoms with Gasteiger partial charge in [-0.2, -0.15) is 0 Å². The number of hydrogen-bond donors (Lipinski definition) is 0. The summed E-state index contributed by atoms with van der Waals surface area (Å²) in [6.07, 6.45) is 8.24. The van der Waals surface area contributed by atoms with Crippen molar-refractivity contribution in [2.45, 2.75) is 25.9 Å². The van der Waals surface area contributed by atoms with Gasteiger partial charge in [0.2, 0.25) is 0 Å². The van der Waals surface area contributed by atoms with Crippen LogP contribution in [-0.2, 0) is 10.4 Å². The lowest BCUT2D eigenvalue weighted by Crippen LogP contribution is -2.21. The van der Waals surface area contributed by atoms with Crippen LogP contribution < -0.4 is 4.74 Å². The molecule has 29 heavy (non-hydrogen) atoms. The summed E-state index contributed by atoms with van der Waals surface area (Å²) in [6.45, 7) is 3.90. The number of methoxy groups -OCH3 is 1. The average molecular weight is 391 g/mol. The first kappa shape index (κ1) is 18.9. The molecule has 6 heteroatoms. The fourth-order valence-electron chi connectivity index (χ4n) is 3.37.